The molecule has 0 atom stereocenters. The van der Waals surface area contributed by atoms with Crippen molar-refractivity contribution in [2.75, 3.05) is 11.4 Å². The van der Waals surface area contributed by atoms with Gasteiger partial charge >= 0.3 is 5.97 Å². The Labute approximate surface area is 105 Å². The number of hydrogen-bond donors (Lipinski definition) is 2. The van der Waals surface area contributed by atoms with Crippen LogP contribution in [0, 0.1) is 0 Å². The highest BCUT2D eigenvalue weighted by Crippen LogP contribution is 2.21. The lowest BCUT2D eigenvalue weighted by molar-refractivity contribution is -0.135. The van der Waals surface area contributed by atoms with E-state index in [0.29, 0.717) is 11.4 Å². The molecule has 1 heterocycles. The third kappa shape index (κ3) is 3.44. The van der Waals surface area contributed by atoms with E-state index in [9.17, 15) is 9.59 Å². The monoisotopic (exact) mass is 251 g/mol. The summed E-state index contributed by atoms with van der Waals surface area (Å²) < 4.78 is 0. The number of anilines is 1. The zero-order valence-electron chi connectivity index (χ0n) is 10.7. The first kappa shape index (κ1) is 14.0. The van der Waals surface area contributed by atoms with Crippen LogP contribution in [0.15, 0.2) is 18.3 Å². The number of hydrogen-bond acceptors (Lipinski definition) is 4. The Hall–Kier alpha value is -2.11. The molecule has 1 aromatic heterocycles. The number of aliphatic carboxylic acids is 1. The van der Waals surface area contributed by atoms with E-state index in [1.165, 1.54) is 12.3 Å². The van der Waals surface area contributed by atoms with Crippen LogP contribution in [0.5, 0.6) is 0 Å². The van der Waals surface area contributed by atoms with E-state index in [1.807, 2.05) is 20.8 Å². The molecule has 1 aromatic rings. The minimum atomic E-state index is -0.939. The predicted octanol–water partition coefficient (Wildman–Crippen LogP) is 0.870. The Morgan fingerprint density at radius 3 is 2.33 bits per heavy atom. The zero-order valence-corrected chi connectivity index (χ0v) is 10.7. The molecule has 6 nitrogen and oxygen atoms in total. The summed E-state index contributed by atoms with van der Waals surface area (Å²) in [6.45, 7) is 5.51. The number of amides is 1. The van der Waals surface area contributed by atoms with Crippen LogP contribution in [-0.4, -0.2) is 34.1 Å². The van der Waals surface area contributed by atoms with Crippen molar-refractivity contribution >= 4 is 17.7 Å². The fraction of sp³-hybridized carbons (Fsp3) is 0.417. The number of carbonyl (C=O) groups is 2. The third-order valence-corrected chi connectivity index (χ3v) is 2.41. The molecule has 98 valence electrons. The highest BCUT2D eigenvalue weighted by Gasteiger charge is 2.24. The molecule has 6 heteroatoms. The van der Waals surface area contributed by atoms with Gasteiger partial charge in [0.05, 0.1) is 5.56 Å². The van der Waals surface area contributed by atoms with Gasteiger partial charge in [0, 0.05) is 11.7 Å². The number of carbonyl (C=O) groups excluding carboxylic acids is 1. The second-order valence-electron chi connectivity index (χ2n) is 4.92. The Balaban J connectivity index is 3.06. The molecule has 0 spiro atoms. The number of nitrogens with zero attached hydrogens (tertiary/aromatic N) is 2. The van der Waals surface area contributed by atoms with Crippen molar-refractivity contribution in [2.45, 2.75) is 26.3 Å². The van der Waals surface area contributed by atoms with Gasteiger partial charge < -0.3 is 15.7 Å². The van der Waals surface area contributed by atoms with Crippen LogP contribution in [0.25, 0.3) is 0 Å². The molecule has 0 fully saturated rings. The van der Waals surface area contributed by atoms with Crippen molar-refractivity contribution in [3.05, 3.63) is 23.9 Å². The molecule has 0 bridgehead atoms. The van der Waals surface area contributed by atoms with Crippen LogP contribution >= 0.6 is 0 Å². The van der Waals surface area contributed by atoms with Crippen molar-refractivity contribution in [1.82, 2.24) is 4.98 Å². The molecule has 1 amide bonds. The van der Waals surface area contributed by atoms with Crippen LogP contribution in [0.3, 0.4) is 0 Å². The van der Waals surface area contributed by atoms with E-state index < -0.39 is 11.9 Å². The quantitative estimate of drug-likeness (QED) is 0.827. The number of pyridine rings is 1. The lowest BCUT2D eigenvalue weighted by atomic mass is 10.1. The Morgan fingerprint density at radius 2 is 2.00 bits per heavy atom. The first-order valence-electron chi connectivity index (χ1n) is 5.47. The number of rotatable bonds is 4. The zero-order chi connectivity index (χ0) is 13.9. The molecule has 0 radical (unpaired) electrons. The molecule has 3 N–H and O–H groups in total. The molecule has 0 aliphatic rings. The summed E-state index contributed by atoms with van der Waals surface area (Å²) in [5, 5.41) is 8.91. The first-order valence-corrected chi connectivity index (χ1v) is 5.47. The van der Waals surface area contributed by atoms with Crippen molar-refractivity contribution in [1.29, 1.82) is 0 Å². The summed E-state index contributed by atoms with van der Waals surface area (Å²) in [5.74, 6) is -1.00. The summed E-state index contributed by atoms with van der Waals surface area (Å²) in [5.41, 5.74) is 5.02. The van der Waals surface area contributed by atoms with Gasteiger partial charge in [0.1, 0.15) is 12.4 Å². The van der Waals surface area contributed by atoms with Gasteiger partial charge in [-0.1, -0.05) is 0 Å². The van der Waals surface area contributed by atoms with Gasteiger partial charge in [0.25, 0.3) is 0 Å². The predicted molar refractivity (Wildman–Crippen MR) is 67.5 cm³/mol. The van der Waals surface area contributed by atoms with Gasteiger partial charge in [0.2, 0.25) is 5.91 Å². The van der Waals surface area contributed by atoms with E-state index in [-0.39, 0.29) is 12.1 Å². The van der Waals surface area contributed by atoms with Crippen LogP contribution in [0.4, 0.5) is 5.82 Å². The normalized spacial score (nSPS) is 11.1. The van der Waals surface area contributed by atoms with E-state index in [0.717, 1.165) is 0 Å². The Bertz CT molecular complexity index is 449. The number of aromatic nitrogens is 1. The van der Waals surface area contributed by atoms with E-state index in [1.54, 1.807) is 11.0 Å². The topological polar surface area (TPSA) is 96.5 Å². The highest BCUT2D eigenvalue weighted by atomic mass is 16.4. The largest absolute Gasteiger partial charge is 0.480 e. The molecule has 0 aliphatic heterocycles. The average molecular weight is 251 g/mol. The van der Waals surface area contributed by atoms with E-state index >= 15 is 0 Å². The maximum absolute atomic E-state index is 10.9. The molecule has 1 rings (SSSR count). The van der Waals surface area contributed by atoms with Gasteiger partial charge in [-0.3, -0.25) is 9.59 Å². The molecular weight excluding hydrogens is 234 g/mol. The summed E-state index contributed by atoms with van der Waals surface area (Å²) >= 11 is 0. The van der Waals surface area contributed by atoms with Crippen molar-refractivity contribution in [2.24, 2.45) is 5.73 Å². The minimum Gasteiger partial charge on any atom is -0.480 e. The van der Waals surface area contributed by atoms with E-state index in [4.69, 9.17) is 10.8 Å². The van der Waals surface area contributed by atoms with Crippen LogP contribution in [0.1, 0.15) is 31.1 Å². The molecule has 18 heavy (non-hydrogen) atoms. The SMILES string of the molecule is CC(C)(C)N(CC(=O)O)c1ccc(C(N)=O)cn1. The van der Waals surface area contributed by atoms with Crippen LogP contribution in [-0.2, 0) is 4.79 Å². The Kier molecular flexibility index (Phi) is 3.90. The number of carboxylic acid groups (broad SMARTS) is 1. The highest BCUT2D eigenvalue weighted by molar-refractivity contribution is 5.92. The summed E-state index contributed by atoms with van der Waals surface area (Å²) in [6, 6.07) is 3.12. The third-order valence-electron chi connectivity index (χ3n) is 2.41. The Morgan fingerprint density at radius 1 is 1.39 bits per heavy atom. The molecule has 0 aromatic carbocycles. The second kappa shape index (κ2) is 5.03. The molecule has 0 saturated heterocycles. The van der Waals surface area contributed by atoms with Crippen LogP contribution in [0.2, 0.25) is 0 Å². The second-order valence-corrected chi connectivity index (χ2v) is 4.92. The average Bonchev–Trinajstić information content (AvgIpc) is 2.24. The molecule has 0 saturated carbocycles. The fourth-order valence-electron chi connectivity index (χ4n) is 1.49. The van der Waals surface area contributed by atoms with Gasteiger partial charge in [-0.25, -0.2) is 4.98 Å². The van der Waals surface area contributed by atoms with Crippen molar-refractivity contribution in [3.8, 4) is 0 Å². The van der Waals surface area contributed by atoms with Crippen LogP contribution < -0.4 is 10.6 Å². The van der Waals surface area contributed by atoms with Crippen molar-refractivity contribution < 1.29 is 14.7 Å². The molecule has 0 unspecified atom stereocenters. The summed E-state index contributed by atoms with van der Waals surface area (Å²) in [4.78, 5) is 27.5. The maximum atomic E-state index is 10.9. The summed E-state index contributed by atoms with van der Waals surface area (Å²) in [7, 11) is 0. The number of primary amides is 1. The van der Waals surface area contributed by atoms with Gasteiger partial charge in [-0.15, -0.1) is 0 Å². The lowest BCUT2D eigenvalue weighted by Crippen LogP contribution is -2.45. The molecule has 0 aliphatic carbocycles. The standard InChI is InChI=1S/C12H17N3O3/c1-12(2,3)15(7-10(16)17)9-5-4-8(6-14-9)11(13)18/h4-6H,7H2,1-3H3,(H2,13,18)(H,16,17). The smallest absolute Gasteiger partial charge is 0.323 e. The number of carboxylic acids is 1. The summed E-state index contributed by atoms with van der Waals surface area (Å²) in [6.07, 6.45) is 1.35. The van der Waals surface area contributed by atoms with Gasteiger partial charge in [0.15, 0.2) is 0 Å². The van der Waals surface area contributed by atoms with E-state index in [2.05, 4.69) is 4.98 Å². The first-order chi connectivity index (χ1) is 8.21. The van der Waals surface area contributed by atoms with Gasteiger partial charge in [-0.2, -0.15) is 0 Å². The van der Waals surface area contributed by atoms with Crippen molar-refractivity contribution in [3.63, 3.8) is 0 Å². The lowest BCUT2D eigenvalue weighted by Gasteiger charge is -2.35. The molecular formula is C12H17N3O3. The van der Waals surface area contributed by atoms with Gasteiger partial charge in [-0.05, 0) is 32.9 Å². The minimum absolute atomic E-state index is 0.160. The number of nitrogens with two attached hydrogens (primary N) is 1. The fourth-order valence-corrected chi connectivity index (χ4v) is 1.49. The maximum Gasteiger partial charge on any atom is 0.323 e.